The zero-order valence-corrected chi connectivity index (χ0v) is 14.0. The van der Waals surface area contributed by atoms with Crippen LogP contribution in [0.4, 0.5) is 10.5 Å². The second kappa shape index (κ2) is 8.43. The fourth-order valence-electron chi connectivity index (χ4n) is 1.46. The van der Waals surface area contributed by atoms with Gasteiger partial charge in [0.15, 0.2) is 0 Å². The van der Waals surface area contributed by atoms with Gasteiger partial charge in [0.25, 0.3) is 0 Å². The van der Waals surface area contributed by atoms with E-state index in [0.717, 1.165) is 0 Å². The van der Waals surface area contributed by atoms with Crippen LogP contribution in [-0.2, 0) is 9.53 Å². The van der Waals surface area contributed by atoms with E-state index in [1.807, 2.05) is 0 Å². The molecular weight excluding hydrogens is 387 g/mol. The molecule has 6 nitrogen and oxygen atoms in total. The Morgan fingerprint density at radius 1 is 1.38 bits per heavy atom. The summed E-state index contributed by atoms with van der Waals surface area (Å²) in [6, 6.07) is 2.62. The van der Waals surface area contributed by atoms with Crippen molar-refractivity contribution in [1.29, 1.82) is 0 Å². The zero-order valence-electron chi connectivity index (χ0n) is 11.0. The highest BCUT2D eigenvalue weighted by Gasteiger charge is 2.15. The van der Waals surface area contributed by atoms with Gasteiger partial charge in [-0.2, -0.15) is 0 Å². The lowest BCUT2D eigenvalue weighted by Gasteiger charge is -2.15. The Morgan fingerprint density at radius 2 is 1.95 bits per heavy atom. The number of benzene rings is 1. The molecule has 0 heterocycles. The number of aliphatic carboxylic acids is 1. The van der Waals surface area contributed by atoms with E-state index in [-0.39, 0.29) is 28.7 Å². The highest BCUT2D eigenvalue weighted by atomic mass is 79.9. The van der Waals surface area contributed by atoms with Gasteiger partial charge in [-0.25, -0.2) is 4.79 Å². The Balaban J connectivity index is 2.60. The number of anilines is 1. The zero-order chi connectivity index (χ0) is 16.0. The van der Waals surface area contributed by atoms with Gasteiger partial charge in [0.05, 0.1) is 28.3 Å². The summed E-state index contributed by atoms with van der Waals surface area (Å²) < 4.78 is 5.63. The smallest absolute Gasteiger partial charge is 0.319 e. The van der Waals surface area contributed by atoms with E-state index in [1.165, 1.54) is 7.11 Å². The highest BCUT2D eigenvalue weighted by molar-refractivity contribution is 9.10. The van der Waals surface area contributed by atoms with Crippen molar-refractivity contribution < 1.29 is 19.4 Å². The molecule has 0 aliphatic carbocycles. The summed E-state index contributed by atoms with van der Waals surface area (Å²) in [5.74, 6) is -1.01. The molecule has 0 spiro atoms. The van der Waals surface area contributed by atoms with Crippen molar-refractivity contribution in [3.8, 4) is 0 Å². The van der Waals surface area contributed by atoms with Crippen molar-refractivity contribution in [2.75, 3.05) is 19.0 Å². The highest BCUT2D eigenvalue weighted by Crippen LogP contribution is 2.33. The molecular formula is C12H13BrCl2N2O4. The number of rotatable bonds is 6. The van der Waals surface area contributed by atoms with Crippen LogP contribution in [0.15, 0.2) is 16.6 Å². The second-order valence-corrected chi connectivity index (χ2v) is 5.77. The van der Waals surface area contributed by atoms with Gasteiger partial charge < -0.3 is 20.5 Å². The molecule has 0 aromatic heterocycles. The number of halogens is 3. The molecule has 21 heavy (non-hydrogen) atoms. The van der Waals surface area contributed by atoms with E-state index in [4.69, 9.17) is 33.0 Å². The van der Waals surface area contributed by atoms with Crippen LogP contribution in [0.5, 0.6) is 0 Å². The van der Waals surface area contributed by atoms with E-state index < -0.39 is 18.1 Å². The first-order valence-electron chi connectivity index (χ1n) is 5.77. The number of carboxylic acid groups (broad SMARTS) is 1. The Morgan fingerprint density at radius 3 is 2.43 bits per heavy atom. The number of ether oxygens (including phenoxy) is 1. The molecule has 0 aliphatic rings. The molecule has 2 amide bonds. The first kappa shape index (κ1) is 18.0. The Hall–Kier alpha value is -1.02. The van der Waals surface area contributed by atoms with Crippen molar-refractivity contribution in [3.63, 3.8) is 0 Å². The number of nitrogens with one attached hydrogen (secondary N) is 2. The summed E-state index contributed by atoms with van der Waals surface area (Å²) in [4.78, 5) is 22.3. The molecule has 0 radical (unpaired) electrons. The molecule has 1 unspecified atom stereocenters. The predicted octanol–water partition coefficient (Wildman–Crippen LogP) is 3.37. The lowest BCUT2D eigenvalue weighted by atomic mass is 10.2. The van der Waals surface area contributed by atoms with Crippen LogP contribution >= 0.6 is 39.1 Å². The summed E-state index contributed by atoms with van der Waals surface area (Å²) in [5, 5.41) is 14.2. The molecule has 0 saturated heterocycles. The van der Waals surface area contributed by atoms with Crippen molar-refractivity contribution in [3.05, 3.63) is 26.7 Å². The minimum atomic E-state index is -1.01. The fraction of sp³-hybridized carbons (Fsp3) is 0.333. The summed E-state index contributed by atoms with van der Waals surface area (Å²) in [6.45, 7) is 0.0421. The number of urea groups is 1. The number of carbonyl (C=O) groups excluding carboxylic acids is 1. The van der Waals surface area contributed by atoms with Crippen molar-refractivity contribution in [2.45, 2.75) is 12.5 Å². The summed E-state index contributed by atoms with van der Waals surface area (Å²) >= 11 is 15.2. The van der Waals surface area contributed by atoms with Crippen LogP contribution in [0.25, 0.3) is 0 Å². The Bertz CT molecular complexity index is 519. The maximum atomic E-state index is 11.8. The summed E-state index contributed by atoms with van der Waals surface area (Å²) in [7, 11) is 1.37. The fourth-order valence-corrected chi connectivity index (χ4v) is 2.76. The summed E-state index contributed by atoms with van der Waals surface area (Å²) in [6.07, 6.45) is -0.833. The van der Waals surface area contributed by atoms with Crippen LogP contribution in [-0.4, -0.2) is 36.9 Å². The second-order valence-electron chi connectivity index (χ2n) is 4.04. The molecule has 0 saturated carbocycles. The number of hydrogen-bond acceptors (Lipinski definition) is 3. The molecule has 1 rings (SSSR count). The standard InChI is InChI=1S/C12H13BrCl2N2O4/c1-21-7(4-10(18)19)5-16-12(20)17-11-8(14)2-6(13)3-9(11)15/h2-3,7H,4-5H2,1H3,(H,18,19)(H2,16,17,20). The lowest BCUT2D eigenvalue weighted by molar-refractivity contribution is -0.139. The Kier molecular flexibility index (Phi) is 7.24. The molecule has 1 aromatic rings. The van der Waals surface area contributed by atoms with Gasteiger partial charge in [0, 0.05) is 18.1 Å². The van der Waals surface area contributed by atoms with Crippen LogP contribution in [0, 0.1) is 0 Å². The normalized spacial score (nSPS) is 11.8. The summed E-state index contributed by atoms with van der Waals surface area (Å²) in [5.41, 5.74) is 0.270. The molecule has 116 valence electrons. The number of amides is 2. The number of methoxy groups -OCH3 is 1. The average Bonchev–Trinajstić information content (AvgIpc) is 2.38. The van der Waals surface area contributed by atoms with Crippen molar-refractivity contribution >= 4 is 56.8 Å². The van der Waals surface area contributed by atoms with Crippen molar-refractivity contribution in [1.82, 2.24) is 5.32 Å². The van der Waals surface area contributed by atoms with Gasteiger partial charge in [0.1, 0.15) is 0 Å². The quantitative estimate of drug-likeness (QED) is 0.684. The van der Waals surface area contributed by atoms with E-state index >= 15 is 0 Å². The monoisotopic (exact) mass is 398 g/mol. The Labute approximate surface area is 139 Å². The predicted molar refractivity (Wildman–Crippen MR) is 84.2 cm³/mol. The SMILES string of the molecule is COC(CNC(=O)Nc1c(Cl)cc(Br)cc1Cl)CC(=O)O. The molecule has 0 fully saturated rings. The van der Waals surface area contributed by atoms with Gasteiger partial charge in [-0.3, -0.25) is 4.79 Å². The molecule has 1 aromatic carbocycles. The number of carbonyl (C=O) groups is 2. The largest absolute Gasteiger partial charge is 0.481 e. The third kappa shape index (κ3) is 6.09. The maximum Gasteiger partial charge on any atom is 0.319 e. The maximum absolute atomic E-state index is 11.8. The molecule has 3 N–H and O–H groups in total. The number of carboxylic acids is 1. The first-order valence-corrected chi connectivity index (χ1v) is 7.32. The van der Waals surface area contributed by atoms with Crippen LogP contribution in [0.2, 0.25) is 10.0 Å². The molecule has 0 aliphatic heterocycles. The van der Waals surface area contributed by atoms with Crippen LogP contribution in [0.1, 0.15) is 6.42 Å². The van der Waals surface area contributed by atoms with Gasteiger partial charge in [-0.1, -0.05) is 39.1 Å². The van der Waals surface area contributed by atoms with Crippen LogP contribution in [0.3, 0.4) is 0 Å². The first-order chi connectivity index (χ1) is 9.83. The average molecular weight is 400 g/mol. The van der Waals surface area contributed by atoms with E-state index in [0.29, 0.717) is 4.47 Å². The van der Waals surface area contributed by atoms with E-state index in [2.05, 4.69) is 26.6 Å². The van der Waals surface area contributed by atoms with Crippen LogP contribution < -0.4 is 10.6 Å². The van der Waals surface area contributed by atoms with Gasteiger partial charge in [-0.15, -0.1) is 0 Å². The number of hydrogen-bond donors (Lipinski definition) is 3. The third-order valence-electron chi connectivity index (χ3n) is 2.47. The minimum absolute atomic E-state index is 0.0421. The van der Waals surface area contributed by atoms with E-state index in [1.54, 1.807) is 12.1 Å². The molecule has 0 bridgehead atoms. The lowest BCUT2D eigenvalue weighted by Crippen LogP contribution is -2.37. The van der Waals surface area contributed by atoms with Gasteiger partial charge in [0.2, 0.25) is 0 Å². The van der Waals surface area contributed by atoms with E-state index in [9.17, 15) is 9.59 Å². The van der Waals surface area contributed by atoms with Gasteiger partial charge >= 0.3 is 12.0 Å². The molecule has 9 heteroatoms. The third-order valence-corrected chi connectivity index (χ3v) is 3.53. The minimum Gasteiger partial charge on any atom is -0.481 e. The molecule has 1 atom stereocenters. The topological polar surface area (TPSA) is 87.7 Å². The van der Waals surface area contributed by atoms with Crippen molar-refractivity contribution in [2.24, 2.45) is 0 Å². The van der Waals surface area contributed by atoms with Gasteiger partial charge in [-0.05, 0) is 12.1 Å².